The zero-order valence-electron chi connectivity index (χ0n) is 14.9. The minimum Gasteiger partial charge on any atom is -0.612 e. The van der Waals surface area contributed by atoms with E-state index in [4.69, 9.17) is 4.74 Å². The molecular formula is C20H21NO4S. The fraction of sp³-hybridized carbons (Fsp3) is 0.400. The van der Waals surface area contributed by atoms with Crippen LogP contribution in [-0.4, -0.2) is 34.2 Å². The van der Waals surface area contributed by atoms with Crippen LogP contribution >= 0.6 is 0 Å². The minimum atomic E-state index is -1.32. The van der Waals surface area contributed by atoms with Gasteiger partial charge in [0.05, 0.1) is 13.0 Å². The molecule has 2 heterocycles. The molecule has 0 amide bonds. The van der Waals surface area contributed by atoms with Gasteiger partial charge in [0.1, 0.15) is 11.9 Å². The summed E-state index contributed by atoms with van der Waals surface area (Å²) in [5.41, 5.74) is 3.02. The highest BCUT2D eigenvalue weighted by Gasteiger charge is 2.37. The molecule has 2 aromatic rings. The van der Waals surface area contributed by atoms with E-state index in [2.05, 4.69) is 0 Å². The quantitative estimate of drug-likeness (QED) is 0.460. The van der Waals surface area contributed by atoms with Crippen molar-refractivity contribution in [2.24, 2.45) is 0 Å². The van der Waals surface area contributed by atoms with Crippen LogP contribution in [-0.2, 0) is 27.3 Å². The average Bonchev–Trinajstić information content (AvgIpc) is 3.30. The molecule has 1 aromatic heterocycles. The Hall–Kier alpha value is -2.05. The highest BCUT2D eigenvalue weighted by atomic mass is 32.2. The van der Waals surface area contributed by atoms with E-state index in [0.29, 0.717) is 35.0 Å². The first-order valence-electron chi connectivity index (χ1n) is 8.80. The van der Waals surface area contributed by atoms with Crippen molar-refractivity contribution in [1.82, 2.24) is 4.57 Å². The van der Waals surface area contributed by atoms with E-state index < -0.39 is 17.1 Å². The Balaban J connectivity index is 1.73. The second-order valence-electron chi connectivity index (χ2n) is 6.98. The van der Waals surface area contributed by atoms with Crippen LogP contribution in [0.5, 0.6) is 0 Å². The summed E-state index contributed by atoms with van der Waals surface area (Å²) in [5.74, 6) is -0.228. The van der Waals surface area contributed by atoms with Gasteiger partial charge >= 0.3 is 5.97 Å². The summed E-state index contributed by atoms with van der Waals surface area (Å²) in [4.78, 5) is 25.7. The molecule has 2 unspecified atom stereocenters. The minimum absolute atomic E-state index is 0.144. The molecule has 26 heavy (non-hydrogen) atoms. The second kappa shape index (κ2) is 6.59. The van der Waals surface area contributed by atoms with Crippen LogP contribution in [0.4, 0.5) is 0 Å². The fourth-order valence-corrected chi connectivity index (χ4v) is 4.53. The third kappa shape index (κ3) is 2.87. The van der Waals surface area contributed by atoms with Crippen LogP contribution in [0, 0.1) is 0 Å². The van der Waals surface area contributed by atoms with Crippen molar-refractivity contribution in [3.63, 3.8) is 0 Å². The number of nitrogens with zero attached hydrogens (tertiary/aromatic N) is 1. The van der Waals surface area contributed by atoms with E-state index in [9.17, 15) is 14.1 Å². The smallest absolute Gasteiger partial charge is 0.314 e. The van der Waals surface area contributed by atoms with Crippen LogP contribution in [0.15, 0.2) is 35.2 Å². The van der Waals surface area contributed by atoms with E-state index in [1.54, 1.807) is 12.3 Å². The first-order valence-corrected chi connectivity index (χ1v) is 10.4. The molecule has 0 N–H and O–H groups in total. The number of methoxy groups -OCH3 is 1. The number of carbonyl (C=O) groups is 2. The second-order valence-corrected chi connectivity index (χ2v) is 8.33. The van der Waals surface area contributed by atoms with Crippen molar-refractivity contribution in [2.75, 3.05) is 13.4 Å². The van der Waals surface area contributed by atoms with Crippen molar-refractivity contribution < 1.29 is 18.9 Å². The Morgan fingerprint density at radius 1 is 1.19 bits per heavy atom. The number of fused-ring (bicyclic) bond motifs is 1. The molecule has 0 saturated heterocycles. The number of ketones is 1. The zero-order chi connectivity index (χ0) is 18.4. The Morgan fingerprint density at radius 2 is 1.88 bits per heavy atom. The summed E-state index contributed by atoms with van der Waals surface area (Å²) in [6.45, 7) is 0.549. The summed E-state index contributed by atoms with van der Waals surface area (Å²) in [7, 11) is 1.36. The van der Waals surface area contributed by atoms with Crippen molar-refractivity contribution in [3.8, 4) is 0 Å². The molecule has 136 valence electrons. The van der Waals surface area contributed by atoms with Gasteiger partial charge in [-0.2, -0.15) is 0 Å². The topological polar surface area (TPSA) is 71.4 Å². The predicted molar refractivity (Wildman–Crippen MR) is 98.0 cm³/mol. The van der Waals surface area contributed by atoms with E-state index in [1.807, 2.05) is 28.8 Å². The van der Waals surface area contributed by atoms with Crippen LogP contribution in [0.1, 0.15) is 58.4 Å². The Labute approximate surface area is 155 Å². The molecule has 1 saturated carbocycles. The van der Waals surface area contributed by atoms with Gasteiger partial charge in [0, 0.05) is 23.9 Å². The number of aromatic nitrogens is 1. The molecule has 2 aliphatic rings. The molecule has 0 spiro atoms. The van der Waals surface area contributed by atoms with Crippen molar-refractivity contribution in [2.45, 2.75) is 42.5 Å². The normalized spacial score (nSPS) is 19.9. The molecule has 0 bridgehead atoms. The van der Waals surface area contributed by atoms with E-state index in [1.165, 1.54) is 25.5 Å². The van der Waals surface area contributed by atoms with Gasteiger partial charge in [0.2, 0.25) is 5.78 Å². The summed E-state index contributed by atoms with van der Waals surface area (Å²) in [6, 6.07) is 9.46. The van der Waals surface area contributed by atoms with E-state index in [0.717, 1.165) is 5.69 Å². The molecular weight excluding hydrogens is 350 g/mol. The van der Waals surface area contributed by atoms with Gasteiger partial charge in [0.25, 0.3) is 0 Å². The number of hydrogen-bond acceptors (Lipinski definition) is 4. The van der Waals surface area contributed by atoms with Gasteiger partial charge in [-0.05, 0) is 41.9 Å². The number of esters is 1. The van der Waals surface area contributed by atoms with Crippen LogP contribution < -0.4 is 0 Å². The standard InChI is InChI=1S/C20H21NO4S/c1-25-20(23)15-9-10-21-16(15)11-17(26(2)24)18(21)19(22)14-7-5-13(6-8-14)12-3-4-12/h5-8,11-12,15H,3-4,9-10H2,1-2H3. The lowest BCUT2D eigenvalue weighted by atomic mass is 10.0. The SMILES string of the molecule is COC(=O)C1CCn2c1cc([S+](C)[O-])c2C(=O)c1ccc(C2CC2)cc1. The zero-order valence-corrected chi connectivity index (χ0v) is 15.7. The Morgan fingerprint density at radius 3 is 2.46 bits per heavy atom. The Bertz CT molecular complexity index is 865. The number of ether oxygens (including phenoxy) is 1. The maximum Gasteiger partial charge on any atom is 0.314 e. The molecule has 1 aliphatic carbocycles. The van der Waals surface area contributed by atoms with Crippen molar-refractivity contribution in [3.05, 3.63) is 52.8 Å². The third-order valence-electron chi connectivity index (χ3n) is 5.32. The highest BCUT2D eigenvalue weighted by Crippen LogP contribution is 2.40. The van der Waals surface area contributed by atoms with Gasteiger partial charge in [-0.25, -0.2) is 0 Å². The largest absolute Gasteiger partial charge is 0.612 e. The first-order chi connectivity index (χ1) is 12.5. The molecule has 1 aliphatic heterocycles. The lowest BCUT2D eigenvalue weighted by molar-refractivity contribution is -0.142. The summed E-state index contributed by atoms with van der Waals surface area (Å²) >= 11 is -1.32. The summed E-state index contributed by atoms with van der Waals surface area (Å²) in [5, 5.41) is 0. The molecule has 4 rings (SSSR count). The maximum atomic E-state index is 13.2. The summed E-state index contributed by atoms with van der Waals surface area (Å²) in [6.07, 6.45) is 4.59. The highest BCUT2D eigenvalue weighted by molar-refractivity contribution is 7.90. The molecule has 1 aromatic carbocycles. The monoisotopic (exact) mass is 371 g/mol. The van der Waals surface area contributed by atoms with E-state index in [-0.39, 0.29) is 11.8 Å². The van der Waals surface area contributed by atoms with Gasteiger partial charge in [0.15, 0.2) is 4.90 Å². The van der Waals surface area contributed by atoms with Gasteiger partial charge < -0.3 is 13.9 Å². The number of benzene rings is 1. The average molecular weight is 371 g/mol. The van der Waals surface area contributed by atoms with Crippen molar-refractivity contribution in [1.29, 1.82) is 0 Å². The Kier molecular flexibility index (Phi) is 4.40. The molecule has 0 radical (unpaired) electrons. The van der Waals surface area contributed by atoms with Gasteiger partial charge in [-0.3, -0.25) is 9.59 Å². The van der Waals surface area contributed by atoms with Crippen LogP contribution in [0.2, 0.25) is 0 Å². The molecule has 2 atom stereocenters. The fourth-order valence-electron chi connectivity index (χ4n) is 3.77. The number of carbonyl (C=O) groups excluding carboxylic acids is 2. The predicted octanol–water partition coefficient (Wildman–Crippen LogP) is 2.99. The van der Waals surface area contributed by atoms with Gasteiger partial charge in [-0.1, -0.05) is 24.3 Å². The lowest BCUT2D eigenvalue weighted by Gasteiger charge is -2.09. The first kappa shape index (κ1) is 17.4. The third-order valence-corrected chi connectivity index (χ3v) is 6.26. The van der Waals surface area contributed by atoms with Gasteiger partial charge in [-0.15, -0.1) is 0 Å². The van der Waals surface area contributed by atoms with Crippen molar-refractivity contribution >= 4 is 22.9 Å². The van der Waals surface area contributed by atoms with Crippen LogP contribution in [0.3, 0.4) is 0 Å². The van der Waals surface area contributed by atoms with Crippen LogP contribution in [0.25, 0.3) is 0 Å². The summed E-state index contributed by atoms with van der Waals surface area (Å²) < 4.78 is 19.0. The molecule has 1 fully saturated rings. The number of rotatable bonds is 5. The lowest BCUT2D eigenvalue weighted by Crippen LogP contribution is -2.13. The number of hydrogen-bond donors (Lipinski definition) is 0. The maximum absolute atomic E-state index is 13.2. The van der Waals surface area contributed by atoms with E-state index >= 15 is 0 Å². The molecule has 5 nitrogen and oxygen atoms in total. The molecule has 6 heteroatoms.